The number of nitrogens with zero attached hydrogens (tertiary/aromatic N) is 8. The maximum absolute atomic E-state index is 6.23. The molecule has 490 valence electrons. The molecule has 4 aliphatic heterocycles. The zero-order valence-electron chi connectivity index (χ0n) is 56.9. The molecule has 22 rings (SSSR count). The number of amidine groups is 4. The third-order valence-electron chi connectivity index (χ3n) is 21.8. The quantitative estimate of drug-likeness (QED) is 0.136. The van der Waals surface area contributed by atoms with Gasteiger partial charge in [-0.1, -0.05) is 36.4 Å². The monoisotopic (exact) mass is 1470 g/mol. The van der Waals surface area contributed by atoms with Crippen LogP contribution in [0.3, 0.4) is 0 Å². The van der Waals surface area contributed by atoms with Gasteiger partial charge in [0.25, 0.3) is 0 Å². The first-order chi connectivity index (χ1) is 52.5. The van der Waals surface area contributed by atoms with Crippen molar-refractivity contribution in [2.75, 3.05) is 0 Å². The van der Waals surface area contributed by atoms with Gasteiger partial charge in [-0.3, -0.25) is 0 Å². The van der Waals surface area contributed by atoms with Crippen molar-refractivity contribution < 1.29 is 0 Å². The molecule has 0 N–H and O–H groups in total. The van der Waals surface area contributed by atoms with Gasteiger partial charge in [-0.25, -0.2) is 0 Å². The summed E-state index contributed by atoms with van der Waals surface area (Å²) in [6, 6.07) is 123. The molecule has 0 radical (unpaired) electrons. The van der Waals surface area contributed by atoms with Crippen LogP contribution in [0.1, 0.15) is 22.3 Å². The minimum atomic E-state index is -3.96. The number of halogens is 1. The number of aromatic nitrogens is 2. The van der Waals surface area contributed by atoms with Gasteiger partial charge in [0.1, 0.15) is 0 Å². The van der Waals surface area contributed by atoms with Crippen LogP contribution in [0.4, 0.5) is 11.6 Å². The molecule has 4 aliphatic rings. The van der Waals surface area contributed by atoms with E-state index >= 15 is 0 Å². The fraction of sp³-hybridized carbons (Fsp3) is 0. The van der Waals surface area contributed by atoms with Gasteiger partial charge in [-0.15, -0.1) is 0 Å². The molecule has 0 saturated carbocycles. The zero-order chi connectivity index (χ0) is 69.7. The van der Waals surface area contributed by atoms with Gasteiger partial charge in [0.05, 0.1) is 0 Å². The van der Waals surface area contributed by atoms with Crippen LogP contribution < -0.4 is 11.0 Å². The molecule has 0 unspecified atom stereocenters. The molecule has 10 heteroatoms. The van der Waals surface area contributed by atoms with Crippen LogP contribution in [0.25, 0.3) is 154 Å². The van der Waals surface area contributed by atoms with Crippen molar-refractivity contribution in [2.45, 2.75) is 0 Å². The van der Waals surface area contributed by atoms with Crippen LogP contribution in [0.2, 0.25) is 0 Å². The first-order valence-electron chi connectivity index (χ1n) is 35.9. The molecule has 8 nitrogen and oxygen atoms in total. The third-order valence-corrected chi connectivity index (χ3v) is 29.9. The summed E-state index contributed by atoms with van der Waals surface area (Å²) in [5, 5.41) is 12.4. The van der Waals surface area contributed by atoms with Gasteiger partial charge < -0.3 is 0 Å². The summed E-state index contributed by atoms with van der Waals surface area (Å²) in [7, 11) is 0. The molecular weight excluding hydrogens is 1410 g/mol. The Hall–Kier alpha value is -13.0. The SMILES string of the molecule is [Br][Ga]1[n]2c3c4cc5ccccc5c(-c5ccc(-c6ccccc6)cc5)c4c2N=C2N=C(N=c4c5cc6ccccc6c(-c6ccc(-c7ccccc7)cc6)c5c([n]41)=NC1=NC(=N3)c3c1cc1ccccc1c3-c1ccc(-c3ccccc3)cc1)c1c2cc2ccccc2c1-c1ccc(-c2ccccc2)cc1. The minimum absolute atomic E-state index is 0.562. The summed E-state index contributed by atoms with van der Waals surface area (Å²) in [6.45, 7) is 0. The Kier molecular flexibility index (Phi) is 13.8. The number of hydrogen-bond donors (Lipinski definition) is 0. The van der Waals surface area contributed by atoms with Crippen molar-refractivity contribution in [1.29, 1.82) is 0 Å². The molecule has 106 heavy (non-hydrogen) atoms. The van der Waals surface area contributed by atoms with Crippen LogP contribution in [0, 0.1) is 0 Å². The molecule has 16 aromatic carbocycles. The van der Waals surface area contributed by atoms with Crippen LogP contribution >= 0.6 is 13.6 Å². The number of aliphatic imine (C=N–C) groups is 4. The van der Waals surface area contributed by atoms with Crippen molar-refractivity contribution in [3.63, 3.8) is 0 Å². The molecule has 2 aromatic heterocycles. The second-order valence-electron chi connectivity index (χ2n) is 27.7. The van der Waals surface area contributed by atoms with Gasteiger partial charge in [0, 0.05) is 0 Å². The van der Waals surface area contributed by atoms with E-state index in [9.17, 15) is 0 Å². The van der Waals surface area contributed by atoms with E-state index in [1.807, 2.05) is 0 Å². The second kappa shape index (κ2) is 24.1. The van der Waals surface area contributed by atoms with E-state index in [2.05, 4.69) is 346 Å². The normalized spacial score (nSPS) is 13.3. The van der Waals surface area contributed by atoms with E-state index in [0.717, 1.165) is 199 Å². The second-order valence-corrected chi connectivity index (χ2v) is 35.4. The van der Waals surface area contributed by atoms with E-state index in [1.54, 1.807) is 0 Å². The van der Waals surface area contributed by atoms with Crippen LogP contribution in [0.15, 0.2) is 370 Å². The van der Waals surface area contributed by atoms with Gasteiger partial charge in [0.2, 0.25) is 0 Å². The van der Waals surface area contributed by atoms with Gasteiger partial charge >= 0.3 is 590 Å². The Bertz CT molecular complexity index is 7070. The van der Waals surface area contributed by atoms with Gasteiger partial charge in [-0.2, -0.15) is 0 Å². The average molecular weight is 1470 g/mol. The number of rotatable bonds is 8. The van der Waals surface area contributed by atoms with E-state index in [4.69, 9.17) is 43.5 Å². The van der Waals surface area contributed by atoms with E-state index in [1.165, 1.54) is 0 Å². The van der Waals surface area contributed by atoms with Gasteiger partial charge in [-0.05, 0) is 0 Å². The molecule has 18 aromatic rings. The predicted octanol–water partition coefficient (Wildman–Crippen LogP) is 23.3. The van der Waals surface area contributed by atoms with E-state index < -0.39 is 14.7 Å². The van der Waals surface area contributed by atoms with Crippen molar-refractivity contribution in [1.82, 2.24) is 6.55 Å². The van der Waals surface area contributed by atoms with Crippen molar-refractivity contribution in [3.8, 4) is 89.0 Å². The molecule has 0 fully saturated rings. The van der Waals surface area contributed by atoms with Crippen molar-refractivity contribution in [2.24, 2.45) is 30.0 Å². The van der Waals surface area contributed by atoms with E-state index in [0.29, 0.717) is 23.3 Å². The first kappa shape index (κ1) is 60.6. The number of hydrogen-bond acceptors (Lipinski definition) is 6. The molecule has 0 aliphatic carbocycles. The molecule has 0 atom stereocenters. The van der Waals surface area contributed by atoms with E-state index in [-0.39, 0.29) is 0 Å². The number of benzene rings is 16. The maximum atomic E-state index is 6.23. The van der Waals surface area contributed by atoms with Gasteiger partial charge in [0.15, 0.2) is 0 Å². The third kappa shape index (κ3) is 9.48. The fourth-order valence-corrected chi connectivity index (χ4v) is 24.7. The summed E-state index contributed by atoms with van der Waals surface area (Å²) in [5.41, 5.74) is 22.5. The molecule has 6 bridgehead atoms. The predicted molar refractivity (Wildman–Crippen MR) is 444 cm³/mol. The first-order valence-corrected chi connectivity index (χ1v) is 43.7. The Morgan fingerprint density at radius 2 is 0.509 bits per heavy atom. The zero-order valence-corrected chi connectivity index (χ0v) is 60.9. The Balaban J connectivity index is 0.928. The average Bonchev–Trinajstić information content (AvgIpc) is 1.53. The molecule has 0 saturated heterocycles. The van der Waals surface area contributed by atoms with Crippen LogP contribution in [0.5, 0.6) is 0 Å². The van der Waals surface area contributed by atoms with Crippen LogP contribution in [-0.2, 0) is 0 Å². The van der Waals surface area contributed by atoms with Crippen molar-refractivity contribution in [3.05, 3.63) is 373 Å². The fourth-order valence-electron chi connectivity index (χ4n) is 16.9. The molecule has 0 amide bonds. The summed E-state index contributed by atoms with van der Waals surface area (Å²) in [4.78, 5) is 36.6. The molecule has 6 heterocycles. The van der Waals surface area contributed by atoms with Crippen molar-refractivity contribution >= 4 is 128 Å². The standard InChI is InChI=1S/C96H56N8.BrH.Ga/c1-5-21-57(22-6-1)61-37-45-65(46-38-61)81-73-33-17-13-29-69(73)53-77-85(81)93-97-89(77)102-94-87-79(55-71-31-15-19-35-75(71)83(87)67-49-41-63(42-50-67)59-25-9-3-10-26-59)91(99-94)104-96-88-80(56-72-32-16-20-36-76(72)84(88)68-51-43-64(44-52-68)60-27-11-4-12-28-60)92(100-96)103-95-86-78(90(98-95)101-93)54-70-30-14-18-34-74(70)82(86)66-47-39-62(40-48-66)58-23-7-2-8-24-58;;/h1-56H;1H;/q-2;;+3/p-1. The summed E-state index contributed by atoms with van der Waals surface area (Å²) < 4.78 is 4.94. The molecular formula is C96H56BrGaN8. The Morgan fingerprint density at radius 1 is 0.208 bits per heavy atom. The van der Waals surface area contributed by atoms with Crippen LogP contribution in [-0.4, -0.2) is 44.6 Å². The number of fused-ring (bicyclic) bond motifs is 18. The topological polar surface area (TPSA) is 84.0 Å². The summed E-state index contributed by atoms with van der Waals surface area (Å²) >= 11 is 0.902. The molecule has 0 spiro atoms. The Morgan fingerprint density at radius 3 is 0.943 bits per heavy atom. The summed E-state index contributed by atoms with van der Waals surface area (Å²) in [6.07, 6.45) is 0. The Labute approximate surface area is 621 Å². The summed E-state index contributed by atoms with van der Waals surface area (Å²) in [5.74, 6) is 3.71.